The topological polar surface area (TPSA) is 46.2 Å². The van der Waals surface area contributed by atoms with Crippen LogP contribution in [-0.2, 0) is 10.0 Å². The van der Waals surface area contributed by atoms with Crippen LogP contribution in [0.15, 0.2) is 60.0 Å². The second kappa shape index (κ2) is 6.45. The molecular weight excluding hydrogens is 350 g/mol. The number of hydrogen-bond donors (Lipinski definition) is 1. The number of halogens is 1. The van der Waals surface area contributed by atoms with E-state index in [1.807, 2.05) is 19.1 Å². The number of benzene rings is 2. The van der Waals surface area contributed by atoms with Gasteiger partial charge in [-0.15, -0.1) is 0 Å². The van der Waals surface area contributed by atoms with Crippen LogP contribution in [0.2, 0.25) is 0 Å². The highest BCUT2D eigenvalue weighted by atomic mass is 79.9. The molecule has 0 fully saturated rings. The van der Waals surface area contributed by atoms with Crippen molar-refractivity contribution in [1.82, 2.24) is 0 Å². The summed E-state index contributed by atoms with van der Waals surface area (Å²) in [7, 11) is -3.60. The van der Waals surface area contributed by atoms with Crippen LogP contribution in [0.25, 0.3) is 5.57 Å². The van der Waals surface area contributed by atoms with Crippen molar-refractivity contribution in [1.29, 1.82) is 0 Å². The number of aryl methyl sites for hydroxylation is 1. The fourth-order valence-electron chi connectivity index (χ4n) is 1.87. The molecule has 3 nitrogen and oxygen atoms in total. The number of allylic oxidation sites excluding steroid dienone is 1. The van der Waals surface area contributed by atoms with Gasteiger partial charge in [-0.1, -0.05) is 58.4 Å². The van der Waals surface area contributed by atoms with E-state index in [-0.39, 0.29) is 4.90 Å². The maximum Gasteiger partial charge on any atom is 0.261 e. The Bertz CT molecular complexity index is 752. The fourth-order valence-corrected chi connectivity index (χ4v) is 3.26. The molecule has 0 aliphatic heterocycles. The lowest BCUT2D eigenvalue weighted by Crippen LogP contribution is -2.14. The molecule has 0 heterocycles. The Labute approximate surface area is 133 Å². The summed E-state index contributed by atoms with van der Waals surface area (Å²) < 4.78 is 27.5. The van der Waals surface area contributed by atoms with Gasteiger partial charge in [0.25, 0.3) is 10.0 Å². The number of anilines is 1. The van der Waals surface area contributed by atoms with Gasteiger partial charge >= 0.3 is 0 Å². The minimum atomic E-state index is -3.60. The van der Waals surface area contributed by atoms with Crippen molar-refractivity contribution in [3.8, 4) is 0 Å². The average Bonchev–Trinajstić information content (AvgIpc) is 2.47. The highest BCUT2D eigenvalue weighted by Crippen LogP contribution is 2.26. The van der Waals surface area contributed by atoms with Crippen LogP contribution in [0, 0.1) is 6.92 Å². The van der Waals surface area contributed by atoms with E-state index in [2.05, 4.69) is 27.2 Å². The molecule has 5 heteroatoms. The molecule has 0 aromatic heterocycles. The zero-order chi connectivity index (χ0) is 15.5. The van der Waals surface area contributed by atoms with Crippen LogP contribution < -0.4 is 4.72 Å². The Kier molecular flexibility index (Phi) is 4.85. The molecule has 0 radical (unpaired) electrons. The summed E-state index contributed by atoms with van der Waals surface area (Å²) in [5, 5.41) is 0.580. The Balaban J connectivity index is 2.37. The zero-order valence-electron chi connectivity index (χ0n) is 11.6. The molecule has 0 amide bonds. The summed E-state index contributed by atoms with van der Waals surface area (Å²) in [4.78, 5) is 0.243. The summed E-state index contributed by atoms with van der Waals surface area (Å²) in [6, 6.07) is 14.0. The largest absolute Gasteiger partial charge is 0.279 e. The highest BCUT2D eigenvalue weighted by Gasteiger charge is 2.16. The molecule has 0 spiro atoms. The van der Waals surface area contributed by atoms with Gasteiger partial charge in [-0.3, -0.25) is 4.72 Å². The second-order valence-electron chi connectivity index (χ2n) is 4.70. The first kappa shape index (κ1) is 15.8. The first-order chi connectivity index (χ1) is 9.94. The summed E-state index contributed by atoms with van der Waals surface area (Å²) in [6.07, 6.45) is 0. The summed E-state index contributed by atoms with van der Waals surface area (Å²) in [6.45, 7) is 5.85. The predicted octanol–water partition coefficient (Wildman–Crippen LogP) is 4.20. The maximum absolute atomic E-state index is 12.4. The maximum atomic E-state index is 12.4. The lowest BCUT2D eigenvalue weighted by Gasteiger charge is -2.13. The normalized spacial score (nSPS) is 11.1. The van der Waals surface area contributed by atoms with Gasteiger partial charge < -0.3 is 0 Å². The van der Waals surface area contributed by atoms with Gasteiger partial charge in [0, 0.05) is 10.9 Å². The lowest BCUT2D eigenvalue weighted by molar-refractivity contribution is 0.601. The third-order valence-electron chi connectivity index (χ3n) is 3.04. The van der Waals surface area contributed by atoms with Crippen LogP contribution in [0.3, 0.4) is 0 Å². The van der Waals surface area contributed by atoms with Crippen molar-refractivity contribution in [2.75, 3.05) is 10.1 Å². The summed E-state index contributed by atoms with van der Waals surface area (Å²) >= 11 is 3.34. The van der Waals surface area contributed by atoms with Gasteiger partial charge in [0.2, 0.25) is 0 Å². The van der Waals surface area contributed by atoms with Gasteiger partial charge in [0.05, 0.1) is 10.6 Å². The predicted molar refractivity (Wildman–Crippen MR) is 91.3 cm³/mol. The molecule has 0 unspecified atom stereocenters. The molecule has 0 aliphatic carbocycles. The quantitative estimate of drug-likeness (QED) is 0.806. The van der Waals surface area contributed by atoms with Gasteiger partial charge in [-0.05, 0) is 30.7 Å². The van der Waals surface area contributed by atoms with Crippen LogP contribution in [0.1, 0.15) is 11.1 Å². The van der Waals surface area contributed by atoms with Crippen LogP contribution in [-0.4, -0.2) is 13.7 Å². The third-order valence-corrected chi connectivity index (χ3v) is 5.10. The molecule has 0 bridgehead atoms. The van der Waals surface area contributed by atoms with Crippen LogP contribution in [0.5, 0.6) is 0 Å². The number of hydrogen-bond acceptors (Lipinski definition) is 2. The first-order valence-electron chi connectivity index (χ1n) is 6.36. The Hall–Kier alpha value is -1.59. The van der Waals surface area contributed by atoms with Crippen molar-refractivity contribution in [2.24, 2.45) is 0 Å². The Morgan fingerprint density at radius 2 is 1.76 bits per heavy atom. The van der Waals surface area contributed by atoms with E-state index in [1.54, 1.807) is 36.4 Å². The fraction of sp³-hybridized carbons (Fsp3) is 0.125. The third kappa shape index (κ3) is 3.74. The van der Waals surface area contributed by atoms with E-state index in [0.717, 1.165) is 16.7 Å². The van der Waals surface area contributed by atoms with Crippen molar-refractivity contribution in [2.45, 2.75) is 11.8 Å². The molecule has 110 valence electrons. The van der Waals surface area contributed by atoms with E-state index >= 15 is 0 Å². The highest BCUT2D eigenvalue weighted by molar-refractivity contribution is 9.09. The minimum absolute atomic E-state index is 0.243. The molecule has 0 aliphatic rings. The van der Waals surface area contributed by atoms with Crippen molar-refractivity contribution < 1.29 is 8.42 Å². The molecule has 2 aromatic carbocycles. The smallest absolute Gasteiger partial charge is 0.261 e. The molecule has 0 atom stereocenters. The lowest BCUT2D eigenvalue weighted by atomic mass is 10.1. The molecule has 1 N–H and O–H groups in total. The van der Waals surface area contributed by atoms with Crippen molar-refractivity contribution in [3.63, 3.8) is 0 Å². The molecule has 0 saturated carbocycles. The molecule has 0 saturated heterocycles. The van der Waals surface area contributed by atoms with E-state index < -0.39 is 10.0 Å². The molecule has 21 heavy (non-hydrogen) atoms. The molecular formula is C16H16BrNO2S. The van der Waals surface area contributed by atoms with Crippen LogP contribution >= 0.6 is 15.9 Å². The minimum Gasteiger partial charge on any atom is -0.279 e. The van der Waals surface area contributed by atoms with E-state index in [0.29, 0.717) is 11.0 Å². The number of nitrogens with one attached hydrogen (secondary N) is 1. The first-order valence-corrected chi connectivity index (χ1v) is 8.97. The average molecular weight is 366 g/mol. The number of alkyl halides is 1. The molecule has 2 rings (SSSR count). The SMILES string of the molecule is C=C(CBr)c1ccccc1NS(=O)(=O)c1ccc(C)cc1. The van der Waals surface area contributed by atoms with Crippen molar-refractivity contribution >= 4 is 37.2 Å². The zero-order valence-corrected chi connectivity index (χ0v) is 14.0. The number of sulfonamides is 1. The van der Waals surface area contributed by atoms with Gasteiger partial charge in [0.15, 0.2) is 0 Å². The summed E-state index contributed by atoms with van der Waals surface area (Å²) in [5.74, 6) is 0. The Morgan fingerprint density at radius 1 is 1.14 bits per heavy atom. The van der Waals surface area contributed by atoms with Gasteiger partial charge in [-0.25, -0.2) is 8.42 Å². The van der Waals surface area contributed by atoms with Crippen LogP contribution in [0.4, 0.5) is 5.69 Å². The Morgan fingerprint density at radius 3 is 2.38 bits per heavy atom. The van der Waals surface area contributed by atoms with Crippen molar-refractivity contribution in [3.05, 3.63) is 66.2 Å². The number of rotatable bonds is 5. The standard InChI is InChI=1S/C16H16BrNO2S/c1-12-7-9-14(10-8-12)21(19,20)18-16-6-4-3-5-15(16)13(2)11-17/h3-10,18H,2,11H2,1H3. The molecule has 2 aromatic rings. The van der Waals surface area contributed by atoms with Gasteiger partial charge in [0.1, 0.15) is 0 Å². The van der Waals surface area contributed by atoms with E-state index in [4.69, 9.17) is 0 Å². The number of para-hydroxylation sites is 1. The van der Waals surface area contributed by atoms with Gasteiger partial charge in [-0.2, -0.15) is 0 Å². The second-order valence-corrected chi connectivity index (χ2v) is 6.94. The summed E-state index contributed by atoms with van der Waals surface area (Å²) in [5.41, 5.74) is 3.15. The van der Waals surface area contributed by atoms with E-state index in [1.165, 1.54) is 0 Å². The monoisotopic (exact) mass is 365 g/mol. The van der Waals surface area contributed by atoms with E-state index in [9.17, 15) is 8.42 Å².